The lowest BCUT2D eigenvalue weighted by Gasteiger charge is -2.22. The van der Waals surface area contributed by atoms with Crippen molar-refractivity contribution >= 4 is 0 Å². The summed E-state index contributed by atoms with van der Waals surface area (Å²) in [5, 5.41) is 8.86. The molecule has 3 nitrogen and oxygen atoms in total. The highest BCUT2D eigenvalue weighted by molar-refractivity contribution is 5.38. The van der Waals surface area contributed by atoms with E-state index in [1.807, 2.05) is 30.3 Å². The van der Waals surface area contributed by atoms with Crippen molar-refractivity contribution in [1.82, 2.24) is 0 Å². The summed E-state index contributed by atoms with van der Waals surface area (Å²) >= 11 is 0. The Balaban J connectivity index is 1.91. The average Bonchev–Trinajstić information content (AvgIpc) is 2.51. The molecular weight excluding hydrogens is 274 g/mol. The fourth-order valence-corrected chi connectivity index (χ4v) is 2.18. The summed E-state index contributed by atoms with van der Waals surface area (Å²) in [6.45, 7) is 7.40. The van der Waals surface area contributed by atoms with Gasteiger partial charge >= 0.3 is 0 Å². The van der Waals surface area contributed by atoms with E-state index in [0.29, 0.717) is 24.5 Å². The van der Waals surface area contributed by atoms with E-state index < -0.39 is 0 Å². The number of ether oxygens (including phenoxy) is 2. The predicted molar refractivity (Wildman–Crippen MR) is 87.3 cm³/mol. The number of rotatable bonds is 5. The van der Waals surface area contributed by atoms with Gasteiger partial charge in [-0.05, 0) is 35.2 Å². The molecule has 0 spiro atoms. The van der Waals surface area contributed by atoms with Gasteiger partial charge in [0, 0.05) is 0 Å². The normalized spacial score (nSPS) is 10.8. The maximum absolute atomic E-state index is 8.86. The Morgan fingerprint density at radius 2 is 1.68 bits per heavy atom. The van der Waals surface area contributed by atoms with Gasteiger partial charge in [0.2, 0.25) is 0 Å². The van der Waals surface area contributed by atoms with Gasteiger partial charge in [-0.1, -0.05) is 45.0 Å². The van der Waals surface area contributed by atoms with Gasteiger partial charge in [0.25, 0.3) is 0 Å². The lowest BCUT2D eigenvalue weighted by Crippen LogP contribution is -2.15. The summed E-state index contributed by atoms with van der Waals surface area (Å²) in [5.74, 6) is 1.58. The van der Waals surface area contributed by atoms with E-state index in [9.17, 15) is 0 Å². The van der Waals surface area contributed by atoms with Crippen LogP contribution in [0.5, 0.6) is 11.5 Å². The van der Waals surface area contributed by atoms with Crippen molar-refractivity contribution in [3.8, 4) is 17.6 Å². The summed E-state index contributed by atoms with van der Waals surface area (Å²) in [7, 11) is 0. The van der Waals surface area contributed by atoms with Gasteiger partial charge < -0.3 is 9.47 Å². The Bertz CT molecular complexity index is 666. The van der Waals surface area contributed by atoms with E-state index in [2.05, 4.69) is 32.9 Å². The second-order valence-electron chi connectivity index (χ2n) is 6.08. The predicted octanol–water partition coefficient (Wildman–Crippen LogP) is 4.31. The molecule has 0 bridgehead atoms. The molecule has 0 radical (unpaired) electrons. The van der Waals surface area contributed by atoms with Gasteiger partial charge in [-0.3, -0.25) is 0 Å². The van der Waals surface area contributed by atoms with Gasteiger partial charge in [-0.25, -0.2) is 0 Å². The molecule has 0 amide bonds. The van der Waals surface area contributed by atoms with Crippen LogP contribution in [0.2, 0.25) is 0 Å². The van der Waals surface area contributed by atoms with Crippen molar-refractivity contribution in [3.05, 3.63) is 59.7 Å². The first-order chi connectivity index (χ1) is 10.5. The van der Waals surface area contributed by atoms with Crippen LogP contribution in [0.3, 0.4) is 0 Å². The van der Waals surface area contributed by atoms with E-state index in [0.717, 1.165) is 5.75 Å². The summed E-state index contributed by atoms with van der Waals surface area (Å²) in [6.07, 6.45) is 0. The van der Waals surface area contributed by atoms with Crippen LogP contribution in [0.25, 0.3) is 0 Å². The zero-order valence-electron chi connectivity index (χ0n) is 13.3. The van der Waals surface area contributed by atoms with Gasteiger partial charge in [0.15, 0.2) is 0 Å². The van der Waals surface area contributed by atoms with Crippen LogP contribution in [0.4, 0.5) is 0 Å². The minimum Gasteiger partial charge on any atom is -0.490 e. The van der Waals surface area contributed by atoms with Gasteiger partial charge in [0.1, 0.15) is 24.7 Å². The summed E-state index contributed by atoms with van der Waals surface area (Å²) < 4.78 is 11.5. The van der Waals surface area contributed by atoms with E-state index in [4.69, 9.17) is 14.7 Å². The fraction of sp³-hybridized carbons (Fsp3) is 0.316. The van der Waals surface area contributed by atoms with Crippen LogP contribution in [0.1, 0.15) is 31.9 Å². The Morgan fingerprint density at radius 1 is 0.955 bits per heavy atom. The molecule has 0 aromatic heterocycles. The molecule has 2 rings (SSSR count). The minimum absolute atomic E-state index is 0.0403. The van der Waals surface area contributed by atoms with E-state index in [1.54, 1.807) is 12.1 Å². The second kappa shape index (κ2) is 7.00. The third-order valence-electron chi connectivity index (χ3n) is 3.27. The Labute approximate surface area is 132 Å². The van der Waals surface area contributed by atoms with E-state index in [-0.39, 0.29) is 5.41 Å². The van der Waals surface area contributed by atoms with Crippen molar-refractivity contribution in [1.29, 1.82) is 5.26 Å². The highest BCUT2D eigenvalue weighted by atomic mass is 16.5. The van der Waals surface area contributed by atoms with Crippen molar-refractivity contribution in [2.75, 3.05) is 13.2 Å². The Morgan fingerprint density at radius 3 is 2.41 bits per heavy atom. The number of hydrogen-bond acceptors (Lipinski definition) is 3. The molecule has 0 aliphatic heterocycles. The molecule has 0 saturated heterocycles. The highest BCUT2D eigenvalue weighted by Gasteiger charge is 2.18. The van der Waals surface area contributed by atoms with Crippen LogP contribution in [-0.4, -0.2) is 13.2 Å². The monoisotopic (exact) mass is 295 g/mol. The molecule has 22 heavy (non-hydrogen) atoms. The second-order valence-corrected chi connectivity index (χ2v) is 6.08. The van der Waals surface area contributed by atoms with E-state index in [1.165, 1.54) is 5.56 Å². The molecule has 2 aromatic rings. The topological polar surface area (TPSA) is 42.2 Å². The number of para-hydroxylation sites is 1. The molecule has 0 heterocycles. The van der Waals surface area contributed by atoms with Crippen LogP contribution in [0.15, 0.2) is 48.5 Å². The molecule has 3 heteroatoms. The highest BCUT2D eigenvalue weighted by Crippen LogP contribution is 2.30. The number of benzene rings is 2. The third kappa shape index (κ3) is 4.26. The van der Waals surface area contributed by atoms with Crippen LogP contribution in [0, 0.1) is 11.3 Å². The summed E-state index contributed by atoms with van der Waals surface area (Å²) in [5.41, 5.74) is 1.82. The molecule has 0 saturated carbocycles. The largest absolute Gasteiger partial charge is 0.490 e. The zero-order valence-corrected chi connectivity index (χ0v) is 13.3. The standard InChI is InChI=1S/C19H21NO2/c1-19(2,3)17-9-4-5-10-18(17)22-12-11-21-16-8-6-7-15(13-16)14-20/h4-10,13H,11-12H2,1-3H3. The van der Waals surface area contributed by atoms with Crippen molar-refractivity contribution < 1.29 is 9.47 Å². The molecule has 2 aromatic carbocycles. The number of hydrogen-bond donors (Lipinski definition) is 0. The van der Waals surface area contributed by atoms with Crippen molar-refractivity contribution in [2.45, 2.75) is 26.2 Å². The van der Waals surface area contributed by atoms with E-state index >= 15 is 0 Å². The molecular formula is C19H21NO2. The molecule has 114 valence electrons. The van der Waals surface area contributed by atoms with Crippen molar-refractivity contribution in [2.24, 2.45) is 0 Å². The van der Waals surface area contributed by atoms with Crippen LogP contribution >= 0.6 is 0 Å². The first kappa shape index (κ1) is 15.9. The third-order valence-corrected chi connectivity index (χ3v) is 3.27. The van der Waals surface area contributed by atoms with Gasteiger partial charge in [-0.15, -0.1) is 0 Å². The quantitative estimate of drug-likeness (QED) is 0.772. The summed E-state index contributed by atoms with van der Waals surface area (Å²) in [4.78, 5) is 0. The average molecular weight is 295 g/mol. The van der Waals surface area contributed by atoms with Crippen LogP contribution in [-0.2, 0) is 5.41 Å². The number of nitriles is 1. The summed E-state index contributed by atoms with van der Waals surface area (Å²) in [6, 6.07) is 17.3. The lowest BCUT2D eigenvalue weighted by molar-refractivity contribution is 0.214. The van der Waals surface area contributed by atoms with Crippen LogP contribution < -0.4 is 9.47 Å². The number of nitrogens with zero attached hydrogens (tertiary/aromatic N) is 1. The Kier molecular flexibility index (Phi) is 5.06. The van der Waals surface area contributed by atoms with Gasteiger partial charge in [0.05, 0.1) is 11.6 Å². The lowest BCUT2D eigenvalue weighted by atomic mass is 9.86. The maximum atomic E-state index is 8.86. The SMILES string of the molecule is CC(C)(C)c1ccccc1OCCOc1cccc(C#N)c1. The smallest absolute Gasteiger partial charge is 0.123 e. The molecule has 0 fully saturated rings. The maximum Gasteiger partial charge on any atom is 0.123 e. The molecule has 0 aliphatic carbocycles. The molecule has 0 unspecified atom stereocenters. The first-order valence-corrected chi connectivity index (χ1v) is 7.36. The minimum atomic E-state index is 0.0403. The molecule has 0 atom stereocenters. The fourth-order valence-electron chi connectivity index (χ4n) is 2.18. The Hall–Kier alpha value is -2.47. The molecule has 0 aliphatic rings. The molecule has 0 N–H and O–H groups in total. The van der Waals surface area contributed by atoms with Crippen molar-refractivity contribution in [3.63, 3.8) is 0 Å². The zero-order chi connectivity index (χ0) is 16.0. The first-order valence-electron chi connectivity index (χ1n) is 7.36. The van der Waals surface area contributed by atoms with Gasteiger partial charge in [-0.2, -0.15) is 5.26 Å².